The molecule has 0 bridgehead atoms. The van der Waals surface area contributed by atoms with Crippen molar-refractivity contribution in [2.45, 2.75) is 23.1 Å². The van der Waals surface area contributed by atoms with Gasteiger partial charge in [0.25, 0.3) is 0 Å². The molecule has 8 nitrogen and oxygen atoms in total. The van der Waals surface area contributed by atoms with Crippen LogP contribution in [0.15, 0.2) is 62.8 Å². The molecular formula is C24H19BrN2O6S2. The zero-order valence-electron chi connectivity index (χ0n) is 18.4. The number of carbonyl (C=O) groups is 3. The van der Waals surface area contributed by atoms with Crippen LogP contribution in [0.25, 0.3) is 0 Å². The molecule has 0 unspecified atom stereocenters. The van der Waals surface area contributed by atoms with Gasteiger partial charge in [-0.15, -0.1) is 0 Å². The third kappa shape index (κ3) is 4.43. The number of nitrogens with one attached hydrogen (secondary N) is 1. The van der Waals surface area contributed by atoms with Gasteiger partial charge in [-0.3, -0.25) is 14.4 Å². The molecule has 1 saturated heterocycles. The number of halogens is 1. The third-order valence-corrected chi connectivity index (χ3v) is 8.72. The molecule has 1 fully saturated rings. The maximum absolute atomic E-state index is 13.7. The first kappa shape index (κ1) is 23.8. The third-order valence-electron chi connectivity index (χ3n) is 5.79. The minimum atomic E-state index is -0.699. The van der Waals surface area contributed by atoms with Gasteiger partial charge in [0.1, 0.15) is 11.0 Å². The molecule has 3 atom stereocenters. The molecule has 35 heavy (non-hydrogen) atoms. The van der Waals surface area contributed by atoms with E-state index >= 15 is 0 Å². The fraction of sp³-hybridized carbons (Fsp3) is 0.250. The Morgan fingerprint density at radius 3 is 2.63 bits per heavy atom. The van der Waals surface area contributed by atoms with Gasteiger partial charge in [0, 0.05) is 15.3 Å². The van der Waals surface area contributed by atoms with Crippen molar-refractivity contribution in [1.82, 2.24) is 4.98 Å². The molecule has 0 radical (unpaired) electrons. The van der Waals surface area contributed by atoms with Crippen molar-refractivity contribution >= 4 is 62.5 Å². The lowest BCUT2D eigenvalue weighted by Gasteiger charge is -2.30. The summed E-state index contributed by atoms with van der Waals surface area (Å²) in [6.07, 6.45) is 0. The van der Waals surface area contributed by atoms with E-state index < -0.39 is 23.1 Å². The number of H-pyrrole nitrogens is 1. The SMILES string of the molecule is CCOC(=O)COc1cccc([C@@H]2c3sc(=O)[nH]c3S[C@H]3C(=O)N(c4ccc(Br)cc4)C(=O)[C@@H]23)c1. The van der Waals surface area contributed by atoms with Crippen molar-refractivity contribution in [2.24, 2.45) is 5.92 Å². The number of benzene rings is 2. The Bertz CT molecular complexity index is 1370. The topological polar surface area (TPSA) is 106 Å². The lowest BCUT2D eigenvalue weighted by molar-refractivity contribution is -0.145. The number of nitrogens with zero attached hydrogens (tertiary/aromatic N) is 1. The largest absolute Gasteiger partial charge is 0.482 e. The summed E-state index contributed by atoms with van der Waals surface area (Å²) in [7, 11) is 0. The molecule has 2 aliphatic rings. The quantitative estimate of drug-likeness (QED) is 0.351. The Labute approximate surface area is 216 Å². The molecule has 180 valence electrons. The number of ether oxygens (including phenoxy) is 2. The summed E-state index contributed by atoms with van der Waals surface area (Å²) in [5, 5.41) is -0.0825. The van der Waals surface area contributed by atoms with Gasteiger partial charge in [0.2, 0.25) is 11.8 Å². The second-order valence-corrected chi connectivity index (χ2v) is 11.0. The van der Waals surface area contributed by atoms with Crippen LogP contribution in [-0.2, 0) is 19.1 Å². The molecule has 1 aromatic heterocycles. The summed E-state index contributed by atoms with van der Waals surface area (Å²) >= 11 is 5.64. The van der Waals surface area contributed by atoms with Crippen LogP contribution in [0, 0.1) is 5.92 Å². The number of aromatic nitrogens is 1. The van der Waals surface area contributed by atoms with Crippen LogP contribution >= 0.6 is 39.0 Å². The van der Waals surface area contributed by atoms with Gasteiger partial charge < -0.3 is 14.5 Å². The number of amides is 2. The second-order valence-electron chi connectivity index (χ2n) is 7.90. The van der Waals surface area contributed by atoms with E-state index in [9.17, 15) is 19.2 Å². The molecule has 5 rings (SSSR count). The molecule has 0 aliphatic carbocycles. The van der Waals surface area contributed by atoms with E-state index in [0.29, 0.717) is 21.3 Å². The highest BCUT2D eigenvalue weighted by atomic mass is 79.9. The predicted molar refractivity (Wildman–Crippen MR) is 135 cm³/mol. The van der Waals surface area contributed by atoms with Gasteiger partial charge in [0.05, 0.1) is 23.2 Å². The molecule has 3 heterocycles. The zero-order chi connectivity index (χ0) is 24.7. The first-order chi connectivity index (χ1) is 16.9. The number of rotatable bonds is 6. The van der Waals surface area contributed by atoms with Gasteiger partial charge in [0.15, 0.2) is 6.61 Å². The van der Waals surface area contributed by atoms with E-state index in [1.54, 1.807) is 49.4 Å². The maximum atomic E-state index is 13.7. The Morgan fingerprint density at radius 1 is 1.11 bits per heavy atom. The summed E-state index contributed by atoms with van der Waals surface area (Å²) in [6.45, 7) is 1.72. The van der Waals surface area contributed by atoms with Crippen LogP contribution in [0.3, 0.4) is 0 Å². The highest BCUT2D eigenvalue weighted by molar-refractivity contribution is 9.10. The number of esters is 1. The van der Waals surface area contributed by atoms with E-state index in [1.807, 2.05) is 6.07 Å². The second kappa shape index (κ2) is 9.63. The van der Waals surface area contributed by atoms with Crippen LogP contribution < -0.4 is 14.5 Å². The molecule has 11 heteroatoms. The number of thiazole rings is 1. The van der Waals surface area contributed by atoms with Crippen LogP contribution in [0.4, 0.5) is 5.69 Å². The summed E-state index contributed by atoms with van der Waals surface area (Å²) in [4.78, 5) is 55.6. The van der Waals surface area contributed by atoms with Crippen molar-refractivity contribution in [3.63, 3.8) is 0 Å². The van der Waals surface area contributed by atoms with Crippen molar-refractivity contribution in [3.8, 4) is 5.75 Å². The van der Waals surface area contributed by atoms with Gasteiger partial charge >= 0.3 is 10.8 Å². The van der Waals surface area contributed by atoms with Gasteiger partial charge in [-0.2, -0.15) is 0 Å². The number of hydrogen-bond donors (Lipinski definition) is 1. The van der Waals surface area contributed by atoms with E-state index in [1.165, 1.54) is 16.7 Å². The smallest absolute Gasteiger partial charge is 0.344 e. The molecule has 1 N–H and O–H groups in total. The summed E-state index contributed by atoms with van der Waals surface area (Å²) in [5.74, 6) is -1.91. The van der Waals surface area contributed by atoms with Gasteiger partial charge in [-0.05, 0) is 48.9 Å². The fourth-order valence-corrected chi connectivity index (χ4v) is 7.14. The number of hydrogen-bond acceptors (Lipinski definition) is 8. The predicted octanol–water partition coefficient (Wildman–Crippen LogP) is 3.94. The minimum absolute atomic E-state index is 0.244. The van der Waals surface area contributed by atoms with E-state index in [2.05, 4.69) is 20.9 Å². The standard InChI is InChI=1S/C24H19BrN2O6S2/c1-2-32-16(28)11-33-15-5-3-4-12(10-15)17-18-20(34-21-19(17)35-24(31)26-21)23(30)27(22(18)29)14-8-6-13(25)7-9-14/h3-10,17-18,20H,2,11H2,1H3,(H,26,31)/t17-,18-,20+/m0/s1. The monoisotopic (exact) mass is 574 g/mol. The first-order valence-electron chi connectivity index (χ1n) is 10.8. The Kier molecular flexibility index (Phi) is 6.56. The van der Waals surface area contributed by atoms with Crippen LogP contribution in [0.5, 0.6) is 5.75 Å². The zero-order valence-corrected chi connectivity index (χ0v) is 21.6. The van der Waals surface area contributed by atoms with Crippen molar-refractivity contribution in [2.75, 3.05) is 18.1 Å². The van der Waals surface area contributed by atoms with Crippen LogP contribution in [-0.4, -0.2) is 41.2 Å². The summed E-state index contributed by atoms with van der Waals surface area (Å²) in [5.41, 5.74) is 1.22. The number of imide groups is 1. The lowest BCUT2D eigenvalue weighted by Crippen LogP contribution is -2.32. The molecule has 3 aromatic rings. The Balaban J connectivity index is 1.53. The summed E-state index contributed by atoms with van der Waals surface area (Å²) in [6, 6.07) is 14.0. The number of carbonyl (C=O) groups excluding carboxylic acids is 3. The first-order valence-corrected chi connectivity index (χ1v) is 13.3. The lowest BCUT2D eigenvalue weighted by atomic mass is 9.83. The number of aromatic amines is 1. The molecule has 2 aliphatic heterocycles. The fourth-order valence-electron chi connectivity index (χ4n) is 4.36. The molecule has 2 amide bonds. The van der Waals surface area contributed by atoms with Gasteiger partial charge in [-0.25, -0.2) is 9.69 Å². The molecule has 2 aromatic carbocycles. The van der Waals surface area contributed by atoms with Gasteiger partial charge in [-0.1, -0.05) is 51.2 Å². The average Bonchev–Trinajstić information content (AvgIpc) is 3.33. The highest BCUT2D eigenvalue weighted by Crippen LogP contribution is 2.53. The van der Waals surface area contributed by atoms with Crippen molar-refractivity contribution < 1.29 is 23.9 Å². The van der Waals surface area contributed by atoms with Crippen molar-refractivity contribution in [3.05, 3.63) is 73.1 Å². The van der Waals surface area contributed by atoms with E-state index in [0.717, 1.165) is 21.4 Å². The van der Waals surface area contributed by atoms with E-state index in [4.69, 9.17) is 9.47 Å². The normalized spacial score (nSPS) is 21.0. The van der Waals surface area contributed by atoms with Crippen molar-refractivity contribution in [1.29, 1.82) is 0 Å². The molecule has 0 saturated carbocycles. The summed E-state index contributed by atoms with van der Waals surface area (Å²) < 4.78 is 11.3. The van der Waals surface area contributed by atoms with Crippen LogP contribution in [0.2, 0.25) is 0 Å². The van der Waals surface area contributed by atoms with E-state index in [-0.39, 0.29) is 29.9 Å². The Hall–Kier alpha value is -2.89. The average molecular weight is 575 g/mol. The molecule has 0 spiro atoms. The number of thioether (sulfide) groups is 1. The Morgan fingerprint density at radius 2 is 1.89 bits per heavy atom. The highest BCUT2D eigenvalue weighted by Gasteiger charge is 2.56. The molecular weight excluding hydrogens is 556 g/mol. The minimum Gasteiger partial charge on any atom is -0.482 e. The number of fused-ring (bicyclic) bond motifs is 2. The maximum Gasteiger partial charge on any atom is 0.344 e. The number of anilines is 1. The van der Waals surface area contributed by atoms with Crippen LogP contribution in [0.1, 0.15) is 23.3 Å².